The summed E-state index contributed by atoms with van der Waals surface area (Å²) < 4.78 is 11.0. The Labute approximate surface area is 104 Å². The van der Waals surface area contributed by atoms with Crippen LogP contribution in [-0.4, -0.2) is 19.3 Å². The lowest BCUT2D eigenvalue weighted by Crippen LogP contribution is -2.07. The Bertz CT molecular complexity index is 345. The minimum atomic E-state index is 0.328. The van der Waals surface area contributed by atoms with Crippen molar-refractivity contribution in [1.29, 1.82) is 0 Å². The maximum Gasteiger partial charge on any atom is 0.122 e. The van der Waals surface area contributed by atoms with Gasteiger partial charge in [0.25, 0.3) is 0 Å². The fourth-order valence-electron chi connectivity index (χ4n) is 2.03. The molecule has 0 amide bonds. The molecule has 2 unspecified atom stereocenters. The fourth-order valence-corrected chi connectivity index (χ4v) is 2.03. The molecule has 1 aromatic rings. The van der Waals surface area contributed by atoms with E-state index in [1.54, 1.807) is 0 Å². The van der Waals surface area contributed by atoms with Gasteiger partial charge in [-0.1, -0.05) is 44.9 Å². The van der Waals surface area contributed by atoms with Crippen LogP contribution < -0.4 is 4.74 Å². The van der Waals surface area contributed by atoms with Gasteiger partial charge in [-0.05, 0) is 24.0 Å². The highest BCUT2D eigenvalue weighted by molar-refractivity contribution is 5.36. The third-order valence-electron chi connectivity index (χ3n) is 3.27. The van der Waals surface area contributed by atoms with E-state index in [1.807, 2.05) is 6.07 Å². The van der Waals surface area contributed by atoms with Gasteiger partial charge < -0.3 is 9.47 Å². The standard InChI is InChI=1S/C15H22O2/c1-3-4-7-12(2)14-8-5-6-9-15(14)17-11-13-10-16-13/h5-6,8-9,12-13H,3-4,7,10-11H2,1-2H3. The Balaban J connectivity index is 1.97. The lowest BCUT2D eigenvalue weighted by Gasteiger charge is -2.16. The summed E-state index contributed by atoms with van der Waals surface area (Å²) in [7, 11) is 0. The summed E-state index contributed by atoms with van der Waals surface area (Å²) in [5.74, 6) is 1.61. The molecule has 0 aliphatic carbocycles. The van der Waals surface area contributed by atoms with Gasteiger partial charge in [-0.15, -0.1) is 0 Å². The number of hydrogen-bond donors (Lipinski definition) is 0. The first kappa shape index (κ1) is 12.4. The summed E-state index contributed by atoms with van der Waals surface area (Å²) in [6.45, 7) is 6.07. The van der Waals surface area contributed by atoms with Crippen LogP contribution in [0, 0.1) is 0 Å². The molecule has 1 heterocycles. The van der Waals surface area contributed by atoms with Gasteiger partial charge in [0.2, 0.25) is 0 Å². The average molecular weight is 234 g/mol. The summed E-state index contributed by atoms with van der Waals surface area (Å²) in [4.78, 5) is 0. The smallest absolute Gasteiger partial charge is 0.122 e. The summed E-state index contributed by atoms with van der Waals surface area (Å²) in [6, 6.07) is 8.39. The van der Waals surface area contributed by atoms with Gasteiger partial charge in [-0.2, -0.15) is 0 Å². The van der Waals surface area contributed by atoms with Crippen molar-refractivity contribution < 1.29 is 9.47 Å². The van der Waals surface area contributed by atoms with Crippen molar-refractivity contribution in [2.45, 2.75) is 45.1 Å². The van der Waals surface area contributed by atoms with Crippen LogP contribution in [0.4, 0.5) is 0 Å². The number of rotatable bonds is 7. The van der Waals surface area contributed by atoms with Crippen molar-refractivity contribution in [3.8, 4) is 5.75 Å². The summed E-state index contributed by atoms with van der Waals surface area (Å²) in [5.41, 5.74) is 1.33. The van der Waals surface area contributed by atoms with E-state index in [9.17, 15) is 0 Å². The monoisotopic (exact) mass is 234 g/mol. The Morgan fingerprint density at radius 3 is 2.88 bits per heavy atom. The molecule has 2 atom stereocenters. The summed E-state index contributed by atoms with van der Waals surface area (Å²) >= 11 is 0. The highest BCUT2D eigenvalue weighted by Crippen LogP contribution is 2.30. The van der Waals surface area contributed by atoms with Crippen molar-refractivity contribution in [1.82, 2.24) is 0 Å². The maximum atomic E-state index is 5.84. The second-order valence-corrected chi connectivity index (χ2v) is 4.85. The van der Waals surface area contributed by atoms with Crippen LogP contribution in [0.3, 0.4) is 0 Å². The molecule has 0 N–H and O–H groups in total. The van der Waals surface area contributed by atoms with E-state index in [0.717, 1.165) is 12.4 Å². The van der Waals surface area contributed by atoms with Gasteiger partial charge in [0, 0.05) is 0 Å². The summed E-state index contributed by atoms with van der Waals surface area (Å²) in [6.07, 6.45) is 4.09. The highest BCUT2D eigenvalue weighted by Gasteiger charge is 2.23. The van der Waals surface area contributed by atoms with Crippen LogP contribution in [0.25, 0.3) is 0 Å². The average Bonchev–Trinajstić information content (AvgIpc) is 3.18. The van der Waals surface area contributed by atoms with E-state index in [2.05, 4.69) is 32.0 Å². The van der Waals surface area contributed by atoms with Crippen LogP contribution in [0.2, 0.25) is 0 Å². The first-order valence-electron chi connectivity index (χ1n) is 6.64. The summed E-state index contributed by atoms with van der Waals surface area (Å²) in [5, 5.41) is 0. The molecule has 1 aliphatic heterocycles. The Hall–Kier alpha value is -1.02. The minimum absolute atomic E-state index is 0.328. The molecule has 0 aromatic heterocycles. The molecular weight excluding hydrogens is 212 g/mol. The van der Waals surface area contributed by atoms with Gasteiger partial charge in [0.15, 0.2) is 0 Å². The molecule has 1 saturated heterocycles. The molecule has 2 nitrogen and oxygen atoms in total. The minimum Gasteiger partial charge on any atom is -0.490 e. The quantitative estimate of drug-likeness (QED) is 0.670. The van der Waals surface area contributed by atoms with E-state index < -0.39 is 0 Å². The van der Waals surface area contributed by atoms with Crippen molar-refractivity contribution in [2.75, 3.05) is 13.2 Å². The second-order valence-electron chi connectivity index (χ2n) is 4.85. The Morgan fingerprint density at radius 1 is 1.41 bits per heavy atom. The lowest BCUT2D eigenvalue weighted by atomic mass is 9.95. The normalized spacial score (nSPS) is 20.0. The third kappa shape index (κ3) is 3.74. The number of benzene rings is 1. The number of ether oxygens (including phenoxy) is 2. The number of unbranched alkanes of at least 4 members (excludes halogenated alkanes) is 1. The highest BCUT2D eigenvalue weighted by atomic mass is 16.6. The van der Waals surface area contributed by atoms with Crippen LogP contribution >= 0.6 is 0 Å². The van der Waals surface area contributed by atoms with E-state index in [1.165, 1.54) is 24.8 Å². The largest absolute Gasteiger partial charge is 0.490 e. The van der Waals surface area contributed by atoms with Crippen LogP contribution in [0.1, 0.15) is 44.6 Å². The zero-order chi connectivity index (χ0) is 12.1. The van der Waals surface area contributed by atoms with E-state index in [-0.39, 0.29) is 0 Å². The fraction of sp³-hybridized carbons (Fsp3) is 0.600. The molecule has 1 aliphatic rings. The topological polar surface area (TPSA) is 21.8 Å². The first-order valence-corrected chi connectivity index (χ1v) is 6.64. The number of hydrogen-bond acceptors (Lipinski definition) is 2. The Kier molecular flexibility index (Phi) is 4.43. The zero-order valence-corrected chi connectivity index (χ0v) is 10.8. The van der Waals surface area contributed by atoms with Gasteiger partial charge in [0.05, 0.1) is 6.61 Å². The molecule has 0 radical (unpaired) electrons. The molecule has 0 spiro atoms. The van der Waals surface area contributed by atoms with Crippen molar-refractivity contribution in [2.24, 2.45) is 0 Å². The molecule has 2 heteroatoms. The second kappa shape index (κ2) is 6.06. The Morgan fingerprint density at radius 2 is 2.18 bits per heavy atom. The van der Waals surface area contributed by atoms with Gasteiger partial charge in [0.1, 0.15) is 18.5 Å². The predicted octanol–water partition coefficient (Wildman–Crippen LogP) is 3.76. The third-order valence-corrected chi connectivity index (χ3v) is 3.27. The number of epoxide rings is 1. The molecule has 1 aromatic carbocycles. The van der Waals surface area contributed by atoms with E-state index in [4.69, 9.17) is 9.47 Å². The van der Waals surface area contributed by atoms with Crippen LogP contribution in [0.5, 0.6) is 5.75 Å². The predicted molar refractivity (Wildman–Crippen MR) is 69.6 cm³/mol. The number of para-hydroxylation sites is 1. The zero-order valence-electron chi connectivity index (χ0n) is 10.8. The molecular formula is C15H22O2. The van der Waals surface area contributed by atoms with Crippen molar-refractivity contribution in [3.05, 3.63) is 29.8 Å². The molecule has 0 bridgehead atoms. The SMILES string of the molecule is CCCCC(C)c1ccccc1OCC1CO1. The molecule has 94 valence electrons. The van der Waals surface area contributed by atoms with Crippen molar-refractivity contribution in [3.63, 3.8) is 0 Å². The lowest BCUT2D eigenvalue weighted by molar-refractivity contribution is 0.260. The van der Waals surface area contributed by atoms with Gasteiger partial charge in [-0.3, -0.25) is 0 Å². The molecule has 0 saturated carbocycles. The molecule has 2 rings (SSSR count). The van der Waals surface area contributed by atoms with E-state index >= 15 is 0 Å². The first-order chi connectivity index (χ1) is 8.31. The van der Waals surface area contributed by atoms with Gasteiger partial charge in [-0.25, -0.2) is 0 Å². The van der Waals surface area contributed by atoms with Crippen molar-refractivity contribution >= 4 is 0 Å². The van der Waals surface area contributed by atoms with Crippen LogP contribution in [-0.2, 0) is 4.74 Å². The van der Waals surface area contributed by atoms with Crippen LogP contribution in [0.15, 0.2) is 24.3 Å². The van der Waals surface area contributed by atoms with E-state index in [0.29, 0.717) is 18.6 Å². The van der Waals surface area contributed by atoms with Gasteiger partial charge >= 0.3 is 0 Å². The molecule has 17 heavy (non-hydrogen) atoms. The molecule has 1 fully saturated rings. The maximum absolute atomic E-state index is 5.84.